The summed E-state index contributed by atoms with van der Waals surface area (Å²) < 4.78 is 45.9. The third-order valence-corrected chi connectivity index (χ3v) is 3.64. The van der Waals surface area contributed by atoms with Gasteiger partial charge in [-0.25, -0.2) is 13.2 Å². The zero-order valence-electron chi connectivity index (χ0n) is 10.1. The number of rotatable bonds is 4. The summed E-state index contributed by atoms with van der Waals surface area (Å²) in [5.41, 5.74) is 0.494. The van der Waals surface area contributed by atoms with Gasteiger partial charge in [0, 0.05) is 10.9 Å². The number of alkyl halides is 1. The fourth-order valence-corrected chi connectivity index (χ4v) is 2.18. The molecule has 0 aliphatic rings. The predicted octanol–water partition coefficient (Wildman–Crippen LogP) is 5.23. The third-order valence-electron chi connectivity index (χ3n) is 2.63. The largest absolute Gasteiger partial charge is 0.483 e. The minimum Gasteiger partial charge on any atom is -0.483 e. The van der Waals surface area contributed by atoms with Gasteiger partial charge in [-0.15, -0.1) is 0 Å². The van der Waals surface area contributed by atoms with E-state index in [4.69, 9.17) is 16.3 Å². The summed E-state index contributed by atoms with van der Waals surface area (Å²) in [6.45, 7) is -0.354. The van der Waals surface area contributed by atoms with Crippen LogP contribution in [0.25, 0.3) is 0 Å². The average Bonchev–Trinajstić information content (AvgIpc) is 2.40. The second-order valence-electron chi connectivity index (χ2n) is 4.01. The smallest absolute Gasteiger partial charge is 0.191 e. The topological polar surface area (TPSA) is 9.23 Å². The minimum atomic E-state index is -0.841. The first-order valence-electron chi connectivity index (χ1n) is 5.62. The van der Waals surface area contributed by atoms with Gasteiger partial charge in [0.25, 0.3) is 0 Å². The molecule has 0 amide bonds. The van der Waals surface area contributed by atoms with E-state index in [-0.39, 0.29) is 17.2 Å². The summed E-state index contributed by atoms with van der Waals surface area (Å²) >= 11 is 8.91. The van der Waals surface area contributed by atoms with E-state index < -0.39 is 23.2 Å². The van der Waals surface area contributed by atoms with Gasteiger partial charge in [-0.2, -0.15) is 0 Å². The highest BCUT2D eigenvalue weighted by molar-refractivity contribution is 9.08. The number of benzene rings is 2. The monoisotopic (exact) mass is 364 g/mol. The molecule has 0 unspecified atom stereocenters. The van der Waals surface area contributed by atoms with Gasteiger partial charge in [0.15, 0.2) is 17.4 Å². The van der Waals surface area contributed by atoms with Crippen LogP contribution in [0.1, 0.15) is 11.1 Å². The molecule has 0 saturated carbocycles. The molecule has 6 heteroatoms. The van der Waals surface area contributed by atoms with Gasteiger partial charge >= 0.3 is 0 Å². The summed E-state index contributed by atoms with van der Waals surface area (Å²) in [6, 6.07) is 6.41. The van der Waals surface area contributed by atoms with Crippen molar-refractivity contribution in [2.75, 3.05) is 0 Å². The highest BCUT2D eigenvalue weighted by Gasteiger charge is 2.14. The van der Waals surface area contributed by atoms with Gasteiger partial charge in [-0.3, -0.25) is 0 Å². The Morgan fingerprint density at radius 3 is 2.25 bits per heavy atom. The van der Waals surface area contributed by atoms with Crippen LogP contribution in [0, 0.1) is 17.5 Å². The van der Waals surface area contributed by atoms with Crippen LogP contribution < -0.4 is 4.74 Å². The Hall–Kier alpha value is -1.20. The highest BCUT2D eigenvalue weighted by Crippen LogP contribution is 2.27. The fraction of sp³-hybridized carbons (Fsp3) is 0.143. The maximum absolute atomic E-state index is 13.7. The van der Waals surface area contributed by atoms with Crippen LogP contribution in [0.4, 0.5) is 13.2 Å². The lowest BCUT2D eigenvalue weighted by molar-refractivity contribution is 0.269. The van der Waals surface area contributed by atoms with Crippen molar-refractivity contribution in [1.29, 1.82) is 0 Å². The first-order valence-corrected chi connectivity index (χ1v) is 7.12. The van der Waals surface area contributed by atoms with Gasteiger partial charge in [0.2, 0.25) is 0 Å². The standard InChI is InChI=1S/C14H9BrClF3O/c15-6-8-4-12(18)14(13(19)5-8)20-7-9-10(16)2-1-3-11(9)17/h1-5H,6-7H2. The quantitative estimate of drug-likeness (QED) is 0.674. The fourth-order valence-electron chi connectivity index (χ4n) is 1.64. The molecule has 106 valence electrons. The van der Waals surface area contributed by atoms with Crippen molar-refractivity contribution >= 4 is 27.5 Å². The average molecular weight is 366 g/mol. The predicted molar refractivity (Wildman–Crippen MR) is 74.7 cm³/mol. The summed E-state index contributed by atoms with van der Waals surface area (Å²) in [6.07, 6.45) is 0. The molecule has 0 fully saturated rings. The molecule has 2 aromatic rings. The van der Waals surface area contributed by atoms with Gasteiger partial charge in [0.05, 0.1) is 5.02 Å². The first-order chi connectivity index (χ1) is 9.52. The van der Waals surface area contributed by atoms with E-state index >= 15 is 0 Å². The molecule has 0 aromatic heterocycles. The van der Waals surface area contributed by atoms with Crippen LogP contribution in [0.2, 0.25) is 5.02 Å². The Labute approximate surface area is 127 Å². The first kappa shape index (κ1) is 15.2. The summed E-state index contributed by atoms with van der Waals surface area (Å²) in [7, 11) is 0. The number of ether oxygens (including phenoxy) is 1. The maximum Gasteiger partial charge on any atom is 0.191 e. The van der Waals surface area contributed by atoms with Crippen molar-refractivity contribution in [3.63, 3.8) is 0 Å². The van der Waals surface area contributed by atoms with Crippen LogP contribution in [0.3, 0.4) is 0 Å². The van der Waals surface area contributed by atoms with Gasteiger partial charge in [0.1, 0.15) is 12.4 Å². The molecule has 20 heavy (non-hydrogen) atoms. The van der Waals surface area contributed by atoms with E-state index in [9.17, 15) is 13.2 Å². The van der Waals surface area contributed by atoms with Gasteiger partial charge in [-0.05, 0) is 29.8 Å². The second-order valence-corrected chi connectivity index (χ2v) is 4.98. The Kier molecular flexibility index (Phi) is 4.94. The Morgan fingerprint density at radius 2 is 1.70 bits per heavy atom. The Balaban J connectivity index is 2.23. The van der Waals surface area contributed by atoms with Crippen molar-refractivity contribution in [2.45, 2.75) is 11.9 Å². The SMILES string of the molecule is Fc1cccc(Cl)c1COc1c(F)cc(CBr)cc1F. The van der Waals surface area contributed by atoms with Crippen LogP contribution >= 0.6 is 27.5 Å². The lowest BCUT2D eigenvalue weighted by Crippen LogP contribution is -2.03. The number of hydrogen-bond donors (Lipinski definition) is 0. The zero-order valence-corrected chi connectivity index (χ0v) is 12.4. The molecule has 0 N–H and O–H groups in total. The van der Waals surface area contributed by atoms with Crippen molar-refractivity contribution in [1.82, 2.24) is 0 Å². The number of hydrogen-bond acceptors (Lipinski definition) is 1. The third kappa shape index (κ3) is 3.27. The van der Waals surface area contributed by atoms with Crippen LogP contribution in [0.5, 0.6) is 5.75 Å². The van der Waals surface area contributed by atoms with Crippen LogP contribution in [-0.2, 0) is 11.9 Å². The summed E-state index contributed by atoms with van der Waals surface area (Å²) in [5, 5.41) is 0.461. The molecule has 0 aliphatic heterocycles. The second kappa shape index (κ2) is 6.50. The highest BCUT2D eigenvalue weighted by atomic mass is 79.9. The lowest BCUT2D eigenvalue weighted by Gasteiger charge is -2.11. The molecular formula is C14H9BrClF3O. The zero-order chi connectivity index (χ0) is 14.7. The minimum absolute atomic E-state index is 0.0533. The molecule has 0 heterocycles. The molecular weight excluding hydrogens is 357 g/mol. The normalized spacial score (nSPS) is 10.7. The van der Waals surface area contributed by atoms with E-state index in [0.717, 1.165) is 12.1 Å². The maximum atomic E-state index is 13.7. The van der Waals surface area contributed by atoms with Crippen LogP contribution in [0.15, 0.2) is 30.3 Å². The van der Waals surface area contributed by atoms with Gasteiger partial charge in [-0.1, -0.05) is 33.6 Å². The van der Waals surface area contributed by atoms with Crippen LogP contribution in [-0.4, -0.2) is 0 Å². The molecule has 0 saturated heterocycles. The van der Waals surface area contributed by atoms with E-state index in [0.29, 0.717) is 10.9 Å². The van der Waals surface area contributed by atoms with Crippen molar-refractivity contribution in [3.8, 4) is 5.75 Å². The molecule has 0 atom stereocenters. The van der Waals surface area contributed by atoms with E-state index in [1.165, 1.54) is 18.2 Å². The molecule has 2 aromatic carbocycles. The summed E-state index contributed by atoms with van der Waals surface area (Å²) in [4.78, 5) is 0. The van der Waals surface area contributed by atoms with Crippen molar-refractivity contribution < 1.29 is 17.9 Å². The molecule has 0 bridgehead atoms. The van der Waals surface area contributed by atoms with Crippen molar-refractivity contribution in [3.05, 3.63) is 63.9 Å². The van der Waals surface area contributed by atoms with E-state index in [2.05, 4.69) is 15.9 Å². The van der Waals surface area contributed by atoms with E-state index in [1.807, 2.05) is 0 Å². The lowest BCUT2D eigenvalue weighted by atomic mass is 10.2. The van der Waals surface area contributed by atoms with E-state index in [1.54, 1.807) is 0 Å². The molecule has 0 radical (unpaired) electrons. The van der Waals surface area contributed by atoms with Crippen molar-refractivity contribution in [2.24, 2.45) is 0 Å². The summed E-state index contributed by atoms with van der Waals surface area (Å²) in [5.74, 6) is -2.82. The Morgan fingerprint density at radius 1 is 1.05 bits per heavy atom. The van der Waals surface area contributed by atoms with Gasteiger partial charge < -0.3 is 4.74 Å². The Bertz CT molecular complexity index is 591. The number of halogens is 5. The molecule has 0 spiro atoms. The molecule has 2 rings (SSSR count). The molecule has 0 aliphatic carbocycles. The molecule has 1 nitrogen and oxygen atoms in total.